The molecule has 0 aliphatic heterocycles. The molecular weight excluding hydrogens is 344 g/mol. The average Bonchev–Trinajstić information content (AvgIpc) is 2.75. The van der Waals surface area contributed by atoms with Crippen LogP contribution in [0.3, 0.4) is 0 Å². The minimum absolute atomic E-state index is 0.117. The van der Waals surface area contributed by atoms with Crippen LogP contribution >= 0.6 is 0 Å². The molecule has 4 aromatic rings. The summed E-state index contributed by atoms with van der Waals surface area (Å²) in [6.07, 6.45) is 0. The standard InChI is InChI=1S/C26H22O2/c1-18(21-12-14-25(27)23(16-21)19-8-4-2-5-9-19)22-13-15-26(28)24(17-22)20-10-6-3-7-11-20/h2-18,27-28H,1H3. The molecule has 4 rings (SSSR count). The lowest BCUT2D eigenvalue weighted by atomic mass is 9.88. The fraction of sp³-hybridized carbons (Fsp3) is 0.0769. The van der Waals surface area contributed by atoms with Crippen LogP contribution < -0.4 is 0 Å². The molecule has 0 atom stereocenters. The van der Waals surface area contributed by atoms with Crippen molar-refractivity contribution < 1.29 is 10.2 Å². The van der Waals surface area contributed by atoms with Gasteiger partial charge in [0.25, 0.3) is 0 Å². The summed E-state index contributed by atoms with van der Waals surface area (Å²) in [5.41, 5.74) is 5.86. The molecule has 2 nitrogen and oxygen atoms in total. The first-order valence-electron chi connectivity index (χ1n) is 9.40. The summed E-state index contributed by atoms with van der Waals surface area (Å²) in [7, 11) is 0. The van der Waals surface area contributed by atoms with Crippen molar-refractivity contribution in [3.05, 3.63) is 108 Å². The largest absolute Gasteiger partial charge is 0.507 e. The number of phenolic OH excluding ortho intramolecular Hbond substituents is 2. The zero-order chi connectivity index (χ0) is 19.5. The van der Waals surface area contributed by atoms with Gasteiger partial charge < -0.3 is 10.2 Å². The first-order chi connectivity index (χ1) is 13.6. The van der Waals surface area contributed by atoms with Gasteiger partial charge in [-0.2, -0.15) is 0 Å². The zero-order valence-corrected chi connectivity index (χ0v) is 15.7. The van der Waals surface area contributed by atoms with Crippen molar-refractivity contribution >= 4 is 0 Å². The molecular formula is C26H22O2. The Hall–Kier alpha value is -3.52. The summed E-state index contributed by atoms with van der Waals surface area (Å²) >= 11 is 0. The van der Waals surface area contributed by atoms with Crippen LogP contribution in [0.2, 0.25) is 0 Å². The van der Waals surface area contributed by atoms with Gasteiger partial charge in [-0.25, -0.2) is 0 Å². The Morgan fingerprint density at radius 2 is 0.929 bits per heavy atom. The van der Waals surface area contributed by atoms with Crippen LogP contribution in [0, 0.1) is 0 Å². The molecule has 0 unspecified atom stereocenters. The van der Waals surface area contributed by atoms with E-state index in [1.165, 1.54) is 0 Å². The quantitative estimate of drug-likeness (QED) is 0.428. The van der Waals surface area contributed by atoms with Crippen molar-refractivity contribution in [3.63, 3.8) is 0 Å². The van der Waals surface area contributed by atoms with Gasteiger partial charge in [-0.3, -0.25) is 0 Å². The van der Waals surface area contributed by atoms with E-state index in [4.69, 9.17) is 0 Å². The molecule has 0 aliphatic rings. The molecule has 28 heavy (non-hydrogen) atoms. The Labute approximate surface area is 165 Å². The minimum Gasteiger partial charge on any atom is -0.507 e. The second-order valence-electron chi connectivity index (χ2n) is 7.01. The second kappa shape index (κ2) is 7.61. The van der Waals surface area contributed by atoms with Crippen molar-refractivity contribution in [1.82, 2.24) is 0 Å². The summed E-state index contributed by atoms with van der Waals surface area (Å²) < 4.78 is 0. The number of benzene rings is 4. The number of aromatic hydroxyl groups is 2. The van der Waals surface area contributed by atoms with E-state index in [1.807, 2.05) is 84.9 Å². The average molecular weight is 366 g/mol. The predicted octanol–water partition coefficient (Wildman–Crippen LogP) is 6.58. The Kier molecular flexibility index (Phi) is 4.86. The van der Waals surface area contributed by atoms with Crippen molar-refractivity contribution in [3.8, 4) is 33.8 Å². The third-order valence-corrected chi connectivity index (χ3v) is 5.21. The lowest BCUT2D eigenvalue weighted by Crippen LogP contribution is -1.97. The zero-order valence-electron chi connectivity index (χ0n) is 15.7. The van der Waals surface area contributed by atoms with E-state index in [0.29, 0.717) is 0 Å². The van der Waals surface area contributed by atoms with Gasteiger partial charge in [0.15, 0.2) is 0 Å². The minimum atomic E-state index is 0.117. The van der Waals surface area contributed by atoms with E-state index >= 15 is 0 Å². The first-order valence-corrected chi connectivity index (χ1v) is 9.40. The highest BCUT2D eigenvalue weighted by molar-refractivity contribution is 5.73. The van der Waals surface area contributed by atoms with Crippen molar-refractivity contribution in [2.45, 2.75) is 12.8 Å². The molecule has 2 heteroatoms. The Morgan fingerprint density at radius 3 is 1.32 bits per heavy atom. The number of hydrogen-bond acceptors (Lipinski definition) is 2. The van der Waals surface area contributed by atoms with Crippen LogP contribution in [0.5, 0.6) is 11.5 Å². The molecule has 4 aromatic carbocycles. The van der Waals surface area contributed by atoms with Gasteiger partial charge >= 0.3 is 0 Å². The second-order valence-corrected chi connectivity index (χ2v) is 7.01. The smallest absolute Gasteiger partial charge is 0.123 e. The summed E-state index contributed by atoms with van der Waals surface area (Å²) in [5, 5.41) is 20.7. The Morgan fingerprint density at radius 1 is 0.536 bits per heavy atom. The molecule has 0 bridgehead atoms. The topological polar surface area (TPSA) is 40.5 Å². The molecule has 138 valence electrons. The van der Waals surface area contributed by atoms with Crippen molar-refractivity contribution in [2.24, 2.45) is 0 Å². The molecule has 0 heterocycles. The van der Waals surface area contributed by atoms with Gasteiger partial charge in [0.1, 0.15) is 11.5 Å². The first kappa shape index (κ1) is 17.9. The lowest BCUT2D eigenvalue weighted by Gasteiger charge is -2.17. The van der Waals surface area contributed by atoms with Crippen LogP contribution in [0.4, 0.5) is 0 Å². The molecule has 0 aromatic heterocycles. The van der Waals surface area contributed by atoms with Crippen LogP contribution in [0.25, 0.3) is 22.3 Å². The highest BCUT2D eigenvalue weighted by Gasteiger charge is 2.14. The molecule has 0 radical (unpaired) electrons. The highest BCUT2D eigenvalue weighted by atomic mass is 16.3. The van der Waals surface area contributed by atoms with Gasteiger partial charge in [-0.1, -0.05) is 79.7 Å². The van der Waals surface area contributed by atoms with E-state index in [0.717, 1.165) is 33.4 Å². The maximum absolute atomic E-state index is 10.3. The molecule has 0 saturated heterocycles. The van der Waals surface area contributed by atoms with Gasteiger partial charge in [0, 0.05) is 17.0 Å². The number of hydrogen-bond donors (Lipinski definition) is 2. The number of phenols is 2. The lowest BCUT2D eigenvalue weighted by molar-refractivity contribution is 0.477. The molecule has 2 N–H and O–H groups in total. The molecule has 0 amide bonds. The fourth-order valence-corrected chi connectivity index (χ4v) is 3.54. The third-order valence-electron chi connectivity index (χ3n) is 5.21. The van der Waals surface area contributed by atoms with Crippen LogP contribution in [-0.2, 0) is 0 Å². The fourth-order valence-electron chi connectivity index (χ4n) is 3.54. The van der Waals surface area contributed by atoms with E-state index in [9.17, 15) is 10.2 Å². The van der Waals surface area contributed by atoms with Crippen LogP contribution in [-0.4, -0.2) is 10.2 Å². The number of rotatable bonds is 4. The molecule has 0 spiro atoms. The summed E-state index contributed by atoms with van der Waals surface area (Å²) in [5.74, 6) is 0.668. The highest BCUT2D eigenvalue weighted by Crippen LogP contribution is 2.37. The van der Waals surface area contributed by atoms with E-state index in [2.05, 4.69) is 6.92 Å². The van der Waals surface area contributed by atoms with E-state index < -0.39 is 0 Å². The van der Waals surface area contributed by atoms with Gasteiger partial charge in [-0.05, 0) is 46.5 Å². The Bertz CT molecular complexity index is 997. The Balaban J connectivity index is 1.74. The van der Waals surface area contributed by atoms with Gasteiger partial charge in [-0.15, -0.1) is 0 Å². The molecule has 0 fully saturated rings. The summed E-state index contributed by atoms with van der Waals surface area (Å²) in [4.78, 5) is 0. The van der Waals surface area contributed by atoms with Crippen LogP contribution in [0.15, 0.2) is 97.1 Å². The molecule has 0 aliphatic carbocycles. The summed E-state index contributed by atoms with van der Waals surface area (Å²) in [6, 6.07) is 31.3. The van der Waals surface area contributed by atoms with E-state index in [-0.39, 0.29) is 17.4 Å². The predicted molar refractivity (Wildman–Crippen MR) is 115 cm³/mol. The maximum Gasteiger partial charge on any atom is 0.123 e. The molecule has 0 saturated carbocycles. The maximum atomic E-state index is 10.3. The van der Waals surface area contributed by atoms with Gasteiger partial charge in [0.05, 0.1) is 0 Å². The monoisotopic (exact) mass is 366 g/mol. The van der Waals surface area contributed by atoms with Crippen molar-refractivity contribution in [1.29, 1.82) is 0 Å². The normalized spacial score (nSPS) is 10.9. The van der Waals surface area contributed by atoms with Gasteiger partial charge in [0.2, 0.25) is 0 Å². The van der Waals surface area contributed by atoms with E-state index in [1.54, 1.807) is 12.1 Å². The van der Waals surface area contributed by atoms with Crippen molar-refractivity contribution in [2.75, 3.05) is 0 Å². The summed E-state index contributed by atoms with van der Waals surface area (Å²) in [6.45, 7) is 2.14. The van der Waals surface area contributed by atoms with Crippen LogP contribution in [0.1, 0.15) is 24.0 Å². The SMILES string of the molecule is CC(c1ccc(O)c(-c2ccccc2)c1)c1ccc(O)c(-c2ccccc2)c1. The third kappa shape index (κ3) is 3.49.